The van der Waals surface area contributed by atoms with E-state index in [9.17, 15) is 9.59 Å². The van der Waals surface area contributed by atoms with Crippen molar-refractivity contribution in [2.45, 2.75) is 19.6 Å². The molecule has 2 unspecified atom stereocenters. The second-order valence-electron chi connectivity index (χ2n) is 5.02. The Morgan fingerprint density at radius 2 is 2.00 bits per heavy atom. The molecule has 3 rings (SSSR count). The highest BCUT2D eigenvalue weighted by Gasteiger charge is 2.58. The molecule has 1 saturated carbocycles. The molecule has 1 aromatic carbocycles. The van der Waals surface area contributed by atoms with Crippen molar-refractivity contribution in [1.29, 1.82) is 0 Å². The van der Waals surface area contributed by atoms with Crippen LogP contribution < -0.4 is 4.74 Å². The molecule has 1 heterocycles. The van der Waals surface area contributed by atoms with Crippen LogP contribution in [0.1, 0.15) is 17.5 Å². The van der Waals surface area contributed by atoms with E-state index in [2.05, 4.69) is 0 Å². The Morgan fingerprint density at radius 1 is 1.32 bits per heavy atom. The minimum Gasteiger partial charge on any atom is -0.496 e. The molecule has 2 fully saturated rings. The molecule has 100 valence electrons. The van der Waals surface area contributed by atoms with Crippen molar-refractivity contribution >= 4 is 11.8 Å². The van der Waals surface area contributed by atoms with Gasteiger partial charge in [0.2, 0.25) is 11.8 Å². The molecule has 5 nitrogen and oxygen atoms in total. The van der Waals surface area contributed by atoms with Gasteiger partial charge < -0.3 is 9.84 Å². The Morgan fingerprint density at radius 3 is 2.58 bits per heavy atom. The molecule has 2 amide bonds. The highest BCUT2D eigenvalue weighted by Crippen LogP contribution is 2.47. The maximum Gasteiger partial charge on any atom is 0.233 e. The van der Waals surface area contributed by atoms with E-state index in [0.29, 0.717) is 12.2 Å². The fraction of sp³-hybridized carbons (Fsp3) is 0.429. The van der Waals surface area contributed by atoms with E-state index in [-0.39, 0.29) is 36.8 Å². The molecule has 1 saturated heterocycles. The van der Waals surface area contributed by atoms with E-state index in [0.717, 1.165) is 11.1 Å². The zero-order chi connectivity index (χ0) is 13.6. The molecular weight excluding hydrogens is 246 g/mol. The Bertz CT molecular complexity index is 534. The fourth-order valence-corrected chi connectivity index (χ4v) is 2.63. The molecule has 2 atom stereocenters. The van der Waals surface area contributed by atoms with E-state index in [4.69, 9.17) is 9.84 Å². The van der Waals surface area contributed by atoms with Crippen LogP contribution >= 0.6 is 0 Å². The number of aliphatic hydroxyl groups is 1. The second-order valence-corrected chi connectivity index (χ2v) is 5.02. The van der Waals surface area contributed by atoms with E-state index in [1.807, 2.05) is 0 Å². The predicted octanol–water partition coefficient (Wildman–Crippen LogP) is 0.692. The van der Waals surface area contributed by atoms with Gasteiger partial charge in [-0.3, -0.25) is 14.5 Å². The molecule has 0 bridgehead atoms. The van der Waals surface area contributed by atoms with Gasteiger partial charge in [0.15, 0.2) is 0 Å². The zero-order valence-electron chi connectivity index (χ0n) is 10.6. The van der Waals surface area contributed by atoms with Crippen LogP contribution in [0.25, 0.3) is 0 Å². The molecule has 0 spiro atoms. The highest BCUT2D eigenvalue weighted by molar-refractivity contribution is 6.08. The average Bonchev–Trinajstić information content (AvgIpc) is 3.19. The first-order valence-electron chi connectivity index (χ1n) is 6.27. The lowest BCUT2D eigenvalue weighted by Gasteiger charge is -2.18. The van der Waals surface area contributed by atoms with Crippen molar-refractivity contribution in [2.75, 3.05) is 7.11 Å². The van der Waals surface area contributed by atoms with E-state index in [1.54, 1.807) is 25.3 Å². The van der Waals surface area contributed by atoms with E-state index in [1.165, 1.54) is 4.90 Å². The van der Waals surface area contributed by atoms with E-state index < -0.39 is 0 Å². The van der Waals surface area contributed by atoms with Crippen LogP contribution in [0.3, 0.4) is 0 Å². The van der Waals surface area contributed by atoms with Gasteiger partial charge in [-0.15, -0.1) is 0 Å². The lowest BCUT2D eigenvalue weighted by atomic mass is 10.1. The summed E-state index contributed by atoms with van der Waals surface area (Å²) in [6, 6.07) is 5.27. The minimum absolute atomic E-state index is 0.0774. The SMILES string of the molecule is COc1ccc(CO)cc1CN1C(=O)C2CC2C1=O. The maximum absolute atomic E-state index is 11.9. The predicted molar refractivity (Wildman–Crippen MR) is 66.1 cm³/mol. The van der Waals surface area contributed by atoms with Crippen molar-refractivity contribution in [3.63, 3.8) is 0 Å². The van der Waals surface area contributed by atoms with Gasteiger partial charge in [0.1, 0.15) is 5.75 Å². The third-order valence-electron chi connectivity index (χ3n) is 3.81. The molecule has 2 aliphatic rings. The van der Waals surface area contributed by atoms with E-state index >= 15 is 0 Å². The molecule has 0 radical (unpaired) electrons. The van der Waals surface area contributed by atoms with Crippen LogP contribution in [0.4, 0.5) is 0 Å². The fourth-order valence-electron chi connectivity index (χ4n) is 2.63. The van der Waals surface area contributed by atoms with Crippen LogP contribution in [0.2, 0.25) is 0 Å². The van der Waals surface area contributed by atoms with Gasteiger partial charge in [0.25, 0.3) is 0 Å². The summed E-state index contributed by atoms with van der Waals surface area (Å²) in [6.07, 6.45) is 0.710. The number of ether oxygens (including phenoxy) is 1. The minimum atomic E-state index is -0.0838. The first kappa shape index (κ1) is 12.2. The Hall–Kier alpha value is -1.88. The summed E-state index contributed by atoms with van der Waals surface area (Å²) in [5.41, 5.74) is 1.48. The molecule has 1 N–H and O–H groups in total. The average molecular weight is 261 g/mol. The number of methoxy groups -OCH3 is 1. The number of hydrogen-bond donors (Lipinski definition) is 1. The Balaban J connectivity index is 1.86. The molecule has 5 heteroatoms. The Kier molecular flexibility index (Phi) is 2.78. The number of nitrogens with zero attached hydrogens (tertiary/aromatic N) is 1. The third-order valence-corrected chi connectivity index (χ3v) is 3.81. The number of amides is 2. The van der Waals surface area contributed by atoms with Crippen molar-refractivity contribution in [2.24, 2.45) is 11.8 Å². The molecule has 0 aromatic heterocycles. The van der Waals surface area contributed by atoms with Gasteiger partial charge in [-0.05, 0) is 24.1 Å². The normalized spacial score (nSPS) is 24.6. The quantitative estimate of drug-likeness (QED) is 0.810. The molecule has 1 aliphatic carbocycles. The summed E-state index contributed by atoms with van der Waals surface area (Å²) in [5, 5.41) is 9.15. The zero-order valence-corrected chi connectivity index (χ0v) is 10.6. The maximum atomic E-state index is 11.9. The summed E-state index contributed by atoms with van der Waals surface area (Å²) in [4.78, 5) is 25.2. The van der Waals surface area contributed by atoms with Crippen LogP contribution in [0.15, 0.2) is 18.2 Å². The summed E-state index contributed by atoms with van der Waals surface area (Å²) >= 11 is 0. The number of piperidine rings is 1. The summed E-state index contributed by atoms with van der Waals surface area (Å²) in [5.74, 6) is 0.301. The van der Waals surface area contributed by atoms with Gasteiger partial charge >= 0.3 is 0 Å². The number of benzene rings is 1. The lowest BCUT2D eigenvalue weighted by Crippen LogP contribution is -2.32. The highest BCUT2D eigenvalue weighted by atomic mass is 16.5. The molecule has 19 heavy (non-hydrogen) atoms. The van der Waals surface area contributed by atoms with Crippen LogP contribution in [-0.2, 0) is 22.7 Å². The summed E-state index contributed by atoms with van der Waals surface area (Å²) in [6.45, 7) is 0.145. The Labute approximate surface area is 110 Å². The van der Waals surface area contributed by atoms with Crippen molar-refractivity contribution in [1.82, 2.24) is 4.90 Å². The number of hydrogen-bond acceptors (Lipinski definition) is 4. The molecule has 1 aromatic rings. The largest absolute Gasteiger partial charge is 0.496 e. The number of carbonyl (C=O) groups excluding carboxylic acids is 2. The third kappa shape index (κ3) is 1.90. The van der Waals surface area contributed by atoms with Crippen molar-refractivity contribution < 1.29 is 19.4 Å². The van der Waals surface area contributed by atoms with Crippen molar-refractivity contribution in [3.05, 3.63) is 29.3 Å². The monoisotopic (exact) mass is 261 g/mol. The lowest BCUT2D eigenvalue weighted by molar-refractivity contribution is -0.142. The topological polar surface area (TPSA) is 66.8 Å². The smallest absolute Gasteiger partial charge is 0.233 e. The van der Waals surface area contributed by atoms with Crippen LogP contribution in [0.5, 0.6) is 5.75 Å². The molecular formula is C14H15NO4. The second kappa shape index (κ2) is 4.35. The summed E-state index contributed by atoms with van der Waals surface area (Å²) < 4.78 is 5.23. The number of imide groups is 1. The van der Waals surface area contributed by atoms with Gasteiger partial charge in [-0.25, -0.2) is 0 Å². The summed E-state index contributed by atoms with van der Waals surface area (Å²) in [7, 11) is 1.54. The van der Waals surface area contributed by atoms with Gasteiger partial charge in [-0.1, -0.05) is 6.07 Å². The molecule has 1 aliphatic heterocycles. The number of rotatable bonds is 4. The number of aliphatic hydroxyl groups excluding tert-OH is 1. The first-order chi connectivity index (χ1) is 9.15. The number of fused-ring (bicyclic) bond motifs is 1. The standard InChI is InChI=1S/C14H15NO4/c1-19-12-3-2-8(7-16)4-9(12)6-15-13(17)10-5-11(10)14(15)18/h2-4,10-11,16H,5-7H2,1H3. The van der Waals surface area contributed by atoms with Crippen LogP contribution in [-0.4, -0.2) is 28.9 Å². The number of likely N-dealkylation sites (tertiary alicyclic amines) is 1. The van der Waals surface area contributed by atoms with Gasteiger partial charge in [-0.2, -0.15) is 0 Å². The van der Waals surface area contributed by atoms with Crippen molar-refractivity contribution in [3.8, 4) is 5.75 Å². The van der Waals surface area contributed by atoms with Gasteiger partial charge in [0.05, 0.1) is 32.1 Å². The first-order valence-corrected chi connectivity index (χ1v) is 6.27. The van der Waals surface area contributed by atoms with Crippen LogP contribution in [0, 0.1) is 11.8 Å². The number of carbonyl (C=O) groups is 2. The van der Waals surface area contributed by atoms with Gasteiger partial charge in [0, 0.05) is 5.56 Å².